The number of hydrogen-bond donors (Lipinski definition) is 1. The van der Waals surface area contributed by atoms with Crippen molar-refractivity contribution in [2.75, 3.05) is 11.9 Å². The van der Waals surface area contributed by atoms with Crippen molar-refractivity contribution in [1.29, 1.82) is 0 Å². The van der Waals surface area contributed by atoms with Gasteiger partial charge in [-0.25, -0.2) is 9.97 Å². The number of benzene rings is 1. The lowest BCUT2D eigenvalue weighted by atomic mass is 10.1. The molecule has 1 aliphatic rings. The predicted molar refractivity (Wildman–Crippen MR) is 85.2 cm³/mol. The summed E-state index contributed by atoms with van der Waals surface area (Å²) in [6.45, 7) is 3.01. The first kappa shape index (κ1) is 13.6. The first-order valence-corrected chi connectivity index (χ1v) is 7.92. The van der Waals surface area contributed by atoms with E-state index in [0.717, 1.165) is 41.9 Å². The van der Waals surface area contributed by atoms with E-state index in [9.17, 15) is 0 Å². The number of nitrogens with zero attached hydrogens (tertiary/aromatic N) is 2. The Morgan fingerprint density at radius 3 is 2.95 bits per heavy atom. The van der Waals surface area contributed by atoms with E-state index >= 15 is 0 Å². The van der Waals surface area contributed by atoms with Gasteiger partial charge in [-0.1, -0.05) is 28.1 Å². The van der Waals surface area contributed by atoms with Crippen molar-refractivity contribution in [3.8, 4) is 0 Å². The SMILES string of the molecule is CCNc1nc(Cc2cccc(Br)c2)nc2c1CCC2. The molecule has 1 heterocycles. The van der Waals surface area contributed by atoms with Crippen molar-refractivity contribution < 1.29 is 0 Å². The quantitative estimate of drug-likeness (QED) is 0.927. The number of anilines is 1. The number of aromatic nitrogens is 2. The first-order valence-electron chi connectivity index (χ1n) is 7.13. The van der Waals surface area contributed by atoms with E-state index in [2.05, 4.69) is 46.4 Å². The van der Waals surface area contributed by atoms with Crippen molar-refractivity contribution in [2.45, 2.75) is 32.6 Å². The van der Waals surface area contributed by atoms with Crippen molar-refractivity contribution in [3.63, 3.8) is 0 Å². The Labute approximate surface area is 128 Å². The van der Waals surface area contributed by atoms with Crippen molar-refractivity contribution in [3.05, 3.63) is 51.4 Å². The van der Waals surface area contributed by atoms with E-state index in [4.69, 9.17) is 9.97 Å². The highest BCUT2D eigenvalue weighted by molar-refractivity contribution is 9.10. The lowest BCUT2D eigenvalue weighted by Gasteiger charge is -2.11. The Morgan fingerprint density at radius 2 is 2.15 bits per heavy atom. The van der Waals surface area contributed by atoms with Gasteiger partial charge in [0, 0.05) is 28.7 Å². The second kappa shape index (κ2) is 5.92. The maximum atomic E-state index is 4.75. The molecule has 0 saturated heterocycles. The Hall–Kier alpha value is -1.42. The fourth-order valence-corrected chi connectivity index (χ4v) is 3.15. The molecule has 1 aromatic heterocycles. The first-order chi connectivity index (χ1) is 9.76. The number of rotatable bonds is 4. The zero-order valence-electron chi connectivity index (χ0n) is 11.6. The van der Waals surface area contributed by atoms with Crippen LogP contribution in [-0.2, 0) is 19.3 Å². The Morgan fingerprint density at radius 1 is 1.25 bits per heavy atom. The lowest BCUT2D eigenvalue weighted by molar-refractivity contribution is 0.885. The van der Waals surface area contributed by atoms with Crippen LogP contribution in [0.4, 0.5) is 5.82 Å². The smallest absolute Gasteiger partial charge is 0.135 e. The Balaban J connectivity index is 1.92. The second-order valence-electron chi connectivity index (χ2n) is 5.10. The molecule has 4 heteroatoms. The van der Waals surface area contributed by atoms with Gasteiger partial charge in [-0.3, -0.25) is 0 Å². The molecule has 1 N–H and O–H groups in total. The molecule has 0 saturated carbocycles. The zero-order chi connectivity index (χ0) is 13.9. The van der Waals surface area contributed by atoms with E-state index < -0.39 is 0 Å². The predicted octanol–water partition coefficient (Wildman–Crippen LogP) is 3.75. The monoisotopic (exact) mass is 331 g/mol. The maximum Gasteiger partial charge on any atom is 0.135 e. The summed E-state index contributed by atoms with van der Waals surface area (Å²) in [5.41, 5.74) is 3.80. The summed E-state index contributed by atoms with van der Waals surface area (Å²) in [5.74, 6) is 1.96. The second-order valence-corrected chi connectivity index (χ2v) is 6.02. The van der Waals surface area contributed by atoms with Crippen LogP contribution in [-0.4, -0.2) is 16.5 Å². The van der Waals surface area contributed by atoms with Gasteiger partial charge in [-0.2, -0.15) is 0 Å². The largest absolute Gasteiger partial charge is 0.370 e. The van der Waals surface area contributed by atoms with Crippen molar-refractivity contribution in [1.82, 2.24) is 9.97 Å². The topological polar surface area (TPSA) is 37.8 Å². The van der Waals surface area contributed by atoms with Crippen LogP contribution in [0.15, 0.2) is 28.7 Å². The van der Waals surface area contributed by atoms with E-state index in [1.807, 2.05) is 6.07 Å². The number of hydrogen-bond acceptors (Lipinski definition) is 3. The molecule has 3 nitrogen and oxygen atoms in total. The molecule has 0 radical (unpaired) electrons. The molecule has 0 bridgehead atoms. The van der Waals surface area contributed by atoms with Gasteiger partial charge < -0.3 is 5.32 Å². The van der Waals surface area contributed by atoms with Gasteiger partial charge in [-0.15, -0.1) is 0 Å². The Kier molecular flexibility index (Phi) is 4.01. The molecule has 0 atom stereocenters. The molecular formula is C16H18BrN3. The van der Waals surface area contributed by atoms with Crippen LogP contribution in [0.3, 0.4) is 0 Å². The van der Waals surface area contributed by atoms with Crippen LogP contribution < -0.4 is 5.32 Å². The molecule has 0 fully saturated rings. The van der Waals surface area contributed by atoms with Gasteiger partial charge in [-0.05, 0) is 43.9 Å². The highest BCUT2D eigenvalue weighted by Crippen LogP contribution is 2.26. The number of nitrogens with one attached hydrogen (secondary N) is 1. The third-order valence-electron chi connectivity index (χ3n) is 3.57. The molecular weight excluding hydrogens is 314 g/mol. The maximum absolute atomic E-state index is 4.75. The molecule has 20 heavy (non-hydrogen) atoms. The van der Waals surface area contributed by atoms with Gasteiger partial charge >= 0.3 is 0 Å². The number of fused-ring (bicyclic) bond motifs is 1. The highest BCUT2D eigenvalue weighted by Gasteiger charge is 2.19. The third-order valence-corrected chi connectivity index (χ3v) is 4.07. The van der Waals surface area contributed by atoms with Crippen LogP contribution in [0, 0.1) is 0 Å². The minimum atomic E-state index is 0.783. The van der Waals surface area contributed by atoms with Gasteiger partial charge in [0.2, 0.25) is 0 Å². The van der Waals surface area contributed by atoms with Gasteiger partial charge in [0.05, 0.1) is 0 Å². The fourth-order valence-electron chi connectivity index (χ4n) is 2.71. The third kappa shape index (κ3) is 2.85. The van der Waals surface area contributed by atoms with E-state index in [-0.39, 0.29) is 0 Å². The highest BCUT2D eigenvalue weighted by atomic mass is 79.9. The van der Waals surface area contributed by atoms with Crippen LogP contribution in [0.1, 0.15) is 36.0 Å². The summed E-state index contributed by atoms with van der Waals surface area (Å²) in [6.07, 6.45) is 4.17. The molecule has 3 rings (SSSR count). The van der Waals surface area contributed by atoms with Crippen LogP contribution in [0.2, 0.25) is 0 Å². The summed E-state index contributed by atoms with van der Waals surface area (Å²) in [6, 6.07) is 8.34. The summed E-state index contributed by atoms with van der Waals surface area (Å²) in [7, 11) is 0. The van der Waals surface area contributed by atoms with Crippen LogP contribution >= 0.6 is 15.9 Å². The van der Waals surface area contributed by atoms with Gasteiger partial charge in [0.1, 0.15) is 11.6 Å². The average Bonchev–Trinajstić information content (AvgIpc) is 2.87. The molecule has 104 valence electrons. The Bertz CT molecular complexity index is 625. The van der Waals surface area contributed by atoms with E-state index in [1.54, 1.807) is 0 Å². The normalized spacial score (nSPS) is 13.3. The zero-order valence-corrected chi connectivity index (χ0v) is 13.2. The fraction of sp³-hybridized carbons (Fsp3) is 0.375. The molecule has 0 spiro atoms. The van der Waals surface area contributed by atoms with Crippen LogP contribution in [0.5, 0.6) is 0 Å². The van der Waals surface area contributed by atoms with Crippen molar-refractivity contribution >= 4 is 21.7 Å². The molecule has 2 aromatic rings. The standard InChI is InChI=1S/C16H18BrN3/c1-2-18-16-13-7-4-8-14(13)19-15(20-16)10-11-5-3-6-12(17)9-11/h3,5-6,9H,2,4,7-8,10H2,1H3,(H,18,19,20). The van der Waals surface area contributed by atoms with Crippen molar-refractivity contribution in [2.24, 2.45) is 0 Å². The summed E-state index contributed by atoms with van der Waals surface area (Å²) >= 11 is 3.51. The minimum Gasteiger partial charge on any atom is -0.370 e. The number of halogens is 1. The summed E-state index contributed by atoms with van der Waals surface area (Å²) < 4.78 is 1.10. The average molecular weight is 332 g/mol. The summed E-state index contributed by atoms with van der Waals surface area (Å²) in [5, 5.41) is 3.39. The summed E-state index contributed by atoms with van der Waals surface area (Å²) in [4.78, 5) is 9.48. The molecule has 0 aliphatic heterocycles. The van der Waals surface area contributed by atoms with E-state index in [1.165, 1.54) is 23.2 Å². The van der Waals surface area contributed by atoms with Crippen LogP contribution in [0.25, 0.3) is 0 Å². The number of aryl methyl sites for hydroxylation is 1. The minimum absolute atomic E-state index is 0.783. The molecule has 0 amide bonds. The molecule has 1 aliphatic carbocycles. The lowest BCUT2D eigenvalue weighted by Crippen LogP contribution is -2.08. The van der Waals surface area contributed by atoms with Gasteiger partial charge in [0.25, 0.3) is 0 Å². The molecule has 0 unspecified atom stereocenters. The van der Waals surface area contributed by atoms with Gasteiger partial charge in [0.15, 0.2) is 0 Å². The van der Waals surface area contributed by atoms with E-state index in [0.29, 0.717) is 0 Å². The molecule has 1 aromatic carbocycles.